The largest absolute Gasteiger partial charge is 0.481 e. The number of aromatic nitrogens is 2. The summed E-state index contributed by atoms with van der Waals surface area (Å²) in [5.41, 5.74) is 0. The molecule has 2 N–H and O–H groups in total. The van der Waals surface area contributed by atoms with Crippen LogP contribution in [0.15, 0.2) is 0 Å². The SMILES string of the molecule is CCc1nnc(NC(=O)CS(=O)CCCC(=O)O)s1. The fourth-order valence-electron chi connectivity index (χ4n) is 1.21. The summed E-state index contributed by atoms with van der Waals surface area (Å²) in [6, 6.07) is 0. The number of aliphatic carboxylic acids is 1. The molecule has 0 radical (unpaired) electrons. The maximum atomic E-state index is 11.5. The smallest absolute Gasteiger partial charge is 0.303 e. The van der Waals surface area contributed by atoms with Gasteiger partial charge in [0.1, 0.15) is 10.8 Å². The van der Waals surface area contributed by atoms with Crippen molar-refractivity contribution >= 4 is 39.1 Å². The molecule has 19 heavy (non-hydrogen) atoms. The molecule has 0 aliphatic carbocycles. The van der Waals surface area contributed by atoms with E-state index in [9.17, 15) is 13.8 Å². The van der Waals surface area contributed by atoms with Crippen LogP contribution in [-0.4, -0.2) is 42.9 Å². The zero-order valence-corrected chi connectivity index (χ0v) is 12.1. The Balaban J connectivity index is 2.30. The first kappa shape index (κ1) is 15.7. The van der Waals surface area contributed by atoms with Crippen molar-refractivity contribution in [1.82, 2.24) is 10.2 Å². The lowest BCUT2D eigenvalue weighted by molar-refractivity contribution is -0.137. The number of hydrogen-bond donors (Lipinski definition) is 2. The predicted molar refractivity (Wildman–Crippen MR) is 72.7 cm³/mol. The summed E-state index contributed by atoms with van der Waals surface area (Å²) in [5.74, 6) is -1.27. The highest BCUT2D eigenvalue weighted by molar-refractivity contribution is 7.85. The third-order valence-corrected chi connectivity index (χ3v) is 4.38. The van der Waals surface area contributed by atoms with Crippen LogP contribution in [0.3, 0.4) is 0 Å². The van der Waals surface area contributed by atoms with Crippen LogP contribution in [-0.2, 0) is 26.8 Å². The summed E-state index contributed by atoms with van der Waals surface area (Å²) in [4.78, 5) is 21.8. The van der Waals surface area contributed by atoms with Crippen LogP contribution in [0.25, 0.3) is 0 Å². The standard InChI is InChI=1S/C10H15N3O4S2/c1-2-8-12-13-10(18-8)11-7(14)6-19(17)5-3-4-9(15)16/h2-6H2,1H3,(H,15,16)(H,11,13,14). The Hall–Kier alpha value is -1.35. The molecule has 0 spiro atoms. The highest BCUT2D eigenvalue weighted by Crippen LogP contribution is 2.15. The molecule has 0 saturated carbocycles. The topological polar surface area (TPSA) is 109 Å². The molecule has 7 nitrogen and oxygen atoms in total. The highest BCUT2D eigenvalue weighted by Gasteiger charge is 2.11. The maximum Gasteiger partial charge on any atom is 0.303 e. The second-order valence-electron chi connectivity index (χ2n) is 3.69. The van der Waals surface area contributed by atoms with Gasteiger partial charge in [-0.05, 0) is 12.8 Å². The Morgan fingerprint density at radius 2 is 2.16 bits per heavy atom. The average molecular weight is 305 g/mol. The van der Waals surface area contributed by atoms with Crippen molar-refractivity contribution in [3.05, 3.63) is 5.01 Å². The van der Waals surface area contributed by atoms with E-state index >= 15 is 0 Å². The van der Waals surface area contributed by atoms with Crippen molar-refractivity contribution in [2.24, 2.45) is 0 Å². The van der Waals surface area contributed by atoms with E-state index in [0.29, 0.717) is 11.6 Å². The van der Waals surface area contributed by atoms with Crippen LogP contribution < -0.4 is 5.32 Å². The van der Waals surface area contributed by atoms with Crippen LogP contribution in [0.1, 0.15) is 24.8 Å². The van der Waals surface area contributed by atoms with Gasteiger partial charge in [-0.2, -0.15) is 0 Å². The van der Waals surface area contributed by atoms with E-state index in [1.54, 1.807) is 0 Å². The van der Waals surface area contributed by atoms with Crippen molar-refractivity contribution < 1.29 is 18.9 Å². The zero-order valence-electron chi connectivity index (χ0n) is 10.4. The lowest BCUT2D eigenvalue weighted by Gasteiger charge is -2.01. The monoisotopic (exact) mass is 305 g/mol. The van der Waals surface area contributed by atoms with Crippen LogP contribution in [0, 0.1) is 0 Å². The molecule has 0 aliphatic heterocycles. The van der Waals surface area contributed by atoms with E-state index in [2.05, 4.69) is 15.5 Å². The minimum Gasteiger partial charge on any atom is -0.481 e. The number of carboxylic acids is 1. The van der Waals surface area contributed by atoms with Gasteiger partial charge in [-0.15, -0.1) is 10.2 Å². The summed E-state index contributed by atoms with van der Waals surface area (Å²) in [6.07, 6.45) is 1.01. The molecular formula is C10H15N3O4S2. The van der Waals surface area contributed by atoms with E-state index in [-0.39, 0.29) is 17.9 Å². The highest BCUT2D eigenvalue weighted by atomic mass is 32.2. The molecule has 1 unspecified atom stereocenters. The Morgan fingerprint density at radius 3 is 2.74 bits per heavy atom. The van der Waals surface area contributed by atoms with Crippen molar-refractivity contribution in [3.63, 3.8) is 0 Å². The molecule has 0 fully saturated rings. The first-order chi connectivity index (χ1) is 9.01. The number of aryl methyl sites for hydroxylation is 1. The summed E-state index contributed by atoms with van der Waals surface area (Å²) in [7, 11) is -1.35. The minimum atomic E-state index is -1.35. The Kier molecular flexibility index (Phi) is 6.57. The van der Waals surface area contributed by atoms with Gasteiger partial charge in [-0.3, -0.25) is 19.1 Å². The van der Waals surface area contributed by atoms with Gasteiger partial charge in [0.2, 0.25) is 11.0 Å². The molecule has 1 rings (SSSR count). The van der Waals surface area contributed by atoms with Gasteiger partial charge in [0.05, 0.1) is 0 Å². The van der Waals surface area contributed by atoms with Gasteiger partial charge >= 0.3 is 5.97 Å². The zero-order chi connectivity index (χ0) is 14.3. The number of nitrogens with one attached hydrogen (secondary N) is 1. The van der Waals surface area contributed by atoms with Crippen LogP contribution >= 0.6 is 11.3 Å². The third kappa shape index (κ3) is 6.39. The molecule has 1 aromatic heterocycles. The Labute approximate surface area is 116 Å². The number of carbonyl (C=O) groups is 2. The molecular weight excluding hydrogens is 290 g/mol. The molecule has 0 aliphatic rings. The van der Waals surface area contributed by atoms with Gasteiger partial charge in [-0.25, -0.2) is 0 Å². The molecule has 106 valence electrons. The maximum absolute atomic E-state index is 11.5. The van der Waals surface area contributed by atoms with Gasteiger partial charge in [0, 0.05) is 23.0 Å². The lowest BCUT2D eigenvalue weighted by atomic mass is 10.3. The number of carbonyl (C=O) groups excluding carboxylic acids is 1. The number of nitrogens with zero attached hydrogens (tertiary/aromatic N) is 2. The first-order valence-corrected chi connectivity index (χ1v) is 8.00. The van der Waals surface area contributed by atoms with E-state index in [1.807, 2.05) is 6.92 Å². The van der Waals surface area contributed by atoms with Gasteiger partial charge < -0.3 is 5.11 Å². The minimum absolute atomic E-state index is 0.0381. The predicted octanol–water partition coefficient (Wildman–Crippen LogP) is 0.652. The summed E-state index contributed by atoms with van der Waals surface area (Å²) in [5, 5.41) is 19.8. The van der Waals surface area contributed by atoms with Gasteiger partial charge in [0.25, 0.3) is 0 Å². The van der Waals surface area contributed by atoms with Crippen LogP contribution in [0.2, 0.25) is 0 Å². The van der Waals surface area contributed by atoms with E-state index in [4.69, 9.17) is 5.11 Å². The number of amides is 1. The van der Waals surface area contributed by atoms with Crippen molar-refractivity contribution in [2.75, 3.05) is 16.8 Å². The van der Waals surface area contributed by atoms with E-state index in [0.717, 1.165) is 11.4 Å². The van der Waals surface area contributed by atoms with E-state index < -0.39 is 22.7 Å². The molecule has 1 amide bonds. The normalized spacial score (nSPS) is 12.1. The fraction of sp³-hybridized carbons (Fsp3) is 0.600. The van der Waals surface area contributed by atoms with Gasteiger partial charge in [-0.1, -0.05) is 18.3 Å². The molecule has 0 aromatic carbocycles. The second-order valence-corrected chi connectivity index (χ2v) is 6.33. The molecule has 0 bridgehead atoms. The third-order valence-electron chi connectivity index (χ3n) is 2.07. The molecule has 0 saturated heterocycles. The van der Waals surface area contributed by atoms with Crippen LogP contribution in [0.5, 0.6) is 0 Å². The Bertz CT molecular complexity index is 475. The molecule has 9 heteroatoms. The van der Waals surface area contributed by atoms with Crippen molar-refractivity contribution in [3.8, 4) is 0 Å². The van der Waals surface area contributed by atoms with Crippen LogP contribution in [0.4, 0.5) is 5.13 Å². The number of anilines is 1. The van der Waals surface area contributed by atoms with Gasteiger partial charge in [0.15, 0.2) is 0 Å². The molecule has 1 atom stereocenters. The Morgan fingerprint density at radius 1 is 1.42 bits per heavy atom. The summed E-state index contributed by atoms with van der Waals surface area (Å²) >= 11 is 1.28. The average Bonchev–Trinajstić information content (AvgIpc) is 2.75. The van der Waals surface area contributed by atoms with Crippen molar-refractivity contribution in [1.29, 1.82) is 0 Å². The summed E-state index contributed by atoms with van der Waals surface area (Å²) in [6.45, 7) is 1.93. The number of carboxylic acid groups (broad SMARTS) is 1. The summed E-state index contributed by atoms with van der Waals surface area (Å²) < 4.78 is 11.5. The van der Waals surface area contributed by atoms with Crippen molar-refractivity contribution in [2.45, 2.75) is 26.2 Å². The number of hydrogen-bond acceptors (Lipinski definition) is 6. The number of rotatable bonds is 8. The van der Waals surface area contributed by atoms with E-state index in [1.165, 1.54) is 11.3 Å². The molecule has 1 heterocycles. The first-order valence-electron chi connectivity index (χ1n) is 5.70. The molecule has 1 aromatic rings. The quantitative estimate of drug-likeness (QED) is 0.730. The lowest BCUT2D eigenvalue weighted by Crippen LogP contribution is -2.21. The second kappa shape index (κ2) is 7.95. The fourth-order valence-corrected chi connectivity index (χ4v) is 2.88.